The van der Waals surface area contributed by atoms with E-state index in [-0.39, 0.29) is 11.6 Å². The lowest BCUT2D eigenvalue weighted by Gasteiger charge is -2.12. The molecule has 0 saturated heterocycles. The molecule has 1 atom stereocenters. The third kappa shape index (κ3) is 3.51. The Balaban J connectivity index is 2.02. The predicted octanol–water partition coefficient (Wildman–Crippen LogP) is 1.50. The number of rotatable bonds is 4. The second-order valence-electron chi connectivity index (χ2n) is 4.42. The molecule has 0 aliphatic heterocycles. The fourth-order valence-corrected chi connectivity index (χ4v) is 2.44. The fourth-order valence-electron chi connectivity index (χ4n) is 1.76. The summed E-state index contributed by atoms with van der Waals surface area (Å²) in [7, 11) is 0. The van der Waals surface area contributed by atoms with Gasteiger partial charge in [-0.1, -0.05) is 0 Å². The molecule has 100 valence electrons. The number of H-pyrrole nitrogens is 1. The topological polar surface area (TPSA) is 74.8 Å². The average Bonchev–Trinajstić information content (AvgIpc) is 2.81. The zero-order chi connectivity index (χ0) is 13.8. The normalized spacial score (nSPS) is 12.1. The maximum Gasteiger partial charge on any atom is 0.263 e. The molecule has 0 radical (unpaired) electrons. The van der Waals surface area contributed by atoms with Gasteiger partial charge in [-0.2, -0.15) is 11.3 Å². The van der Waals surface area contributed by atoms with E-state index in [4.69, 9.17) is 0 Å². The maximum absolute atomic E-state index is 11.9. The van der Waals surface area contributed by atoms with E-state index in [1.165, 1.54) is 11.8 Å². The summed E-state index contributed by atoms with van der Waals surface area (Å²) in [5.41, 5.74) is 0.809. The van der Waals surface area contributed by atoms with Crippen molar-refractivity contribution in [3.05, 3.63) is 50.3 Å². The lowest BCUT2D eigenvalue weighted by atomic mass is 10.1. The van der Waals surface area contributed by atoms with Crippen molar-refractivity contribution in [1.82, 2.24) is 15.3 Å². The first-order valence-corrected chi connectivity index (χ1v) is 6.88. The zero-order valence-electron chi connectivity index (χ0n) is 10.8. The molecule has 0 aliphatic carbocycles. The van der Waals surface area contributed by atoms with Crippen LogP contribution in [-0.4, -0.2) is 21.9 Å². The van der Waals surface area contributed by atoms with E-state index >= 15 is 0 Å². The summed E-state index contributed by atoms with van der Waals surface area (Å²) < 4.78 is 0. The predicted molar refractivity (Wildman–Crippen MR) is 74.5 cm³/mol. The van der Waals surface area contributed by atoms with Crippen LogP contribution in [0.25, 0.3) is 0 Å². The molecule has 2 aromatic heterocycles. The van der Waals surface area contributed by atoms with Crippen LogP contribution in [0.4, 0.5) is 0 Å². The molecule has 2 rings (SSSR count). The lowest BCUT2D eigenvalue weighted by molar-refractivity contribution is 0.0938. The summed E-state index contributed by atoms with van der Waals surface area (Å²) in [6.45, 7) is 3.58. The van der Waals surface area contributed by atoms with Gasteiger partial charge >= 0.3 is 0 Å². The highest BCUT2D eigenvalue weighted by molar-refractivity contribution is 7.07. The Hall–Kier alpha value is -1.95. The number of hydrogen-bond acceptors (Lipinski definition) is 4. The highest BCUT2D eigenvalue weighted by Gasteiger charge is 2.14. The van der Waals surface area contributed by atoms with E-state index in [1.807, 2.05) is 23.8 Å². The lowest BCUT2D eigenvalue weighted by Crippen LogP contribution is -2.37. The zero-order valence-corrected chi connectivity index (χ0v) is 11.6. The van der Waals surface area contributed by atoms with Crippen molar-refractivity contribution in [3.63, 3.8) is 0 Å². The third-order valence-electron chi connectivity index (χ3n) is 2.67. The van der Waals surface area contributed by atoms with E-state index in [2.05, 4.69) is 15.3 Å². The number of aryl methyl sites for hydroxylation is 1. The quantitative estimate of drug-likeness (QED) is 0.889. The first kappa shape index (κ1) is 13.5. The van der Waals surface area contributed by atoms with Crippen LogP contribution in [0.5, 0.6) is 0 Å². The Labute approximate surface area is 114 Å². The van der Waals surface area contributed by atoms with Crippen molar-refractivity contribution in [2.45, 2.75) is 26.3 Å². The molecular formula is C13H15N3O2S. The molecule has 5 nitrogen and oxygen atoms in total. The van der Waals surface area contributed by atoms with Crippen LogP contribution in [0.15, 0.2) is 27.8 Å². The molecule has 0 unspecified atom stereocenters. The van der Waals surface area contributed by atoms with Crippen LogP contribution in [0.2, 0.25) is 0 Å². The van der Waals surface area contributed by atoms with Crippen molar-refractivity contribution in [3.8, 4) is 0 Å². The van der Waals surface area contributed by atoms with Crippen LogP contribution < -0.4 is 10.9 Å². The Bertz CT molecular complexity index is 619. The monoisotopic (exact) mass is 277 g/mol. The molecule has 0 saturated carbocycles. The van der Waals surface area contributed by atoms with Crippen molar-refractivity contribution < 1.29 is 4.79 Å². The summed E-state index contributed by atoms with van der Waals surface area (Å²) >= 11 is 1.62. The van der Waals surface area contributed by atoms with Gasteiger partial charge in [-0.05, 0) is 42.7 Å². The number of hydrogen-bond donors (Lipinski definition) is 2. The molecule has 2 N–H and O–H groups in total. The number of carbonyl (C=O) groups excluding carboxylic acids is 1. The molecule has 0 bridgehead atoms. The average molecular weight is 277 g/mol. The van der Waals surface area contributed by atoms with Crippen LogP contribution in [0.1, 0.15) is 28.7 Å². The molecule has 1 amide bonds. The van der Waals surface area contributed by atoms with Gasteiger partial charge in [0.1, 0.15) is 11.4 Å². The van der Waals surface area contributed by atoms with Crippen molar-refractivity contribution >= 4 is 17.2 Å². The van der Waals surface area contributed by atoms with Gasteiger partial charge in [0, 0.05) is 12.2 Å². The second-order valence-corrected chi connectivity index (χ2v) is 5.20. The number of carbonyl (C=O) groups is 1. The van der Waals surface area contributed by atoms with Gasteiger partial charge < -0.3 is 10.3 Å². The minimum absolute atomic E-state index is 0.0391. The van der Waals surface area contributed by atoms with Crippen LogP contribution in [0, 0.1) is 6.92 Å². The SMILES string of the molecule is Cc1ncc(C(=O)N[C@@H](C)Cc2ccsc2)c(=O)[nH]1. The van der Waals surface area contributed by atoms with Crippen LogP contribution in [0.3, 0.4) is 0 Å². The molecule has 2 heterocycles. The first-order chi connectivity index (χ1) is 9.06. The van der Waals surface area contributed by atoms with Gasteiger partial charge in [0.15, 0.2) is 0 Å². The van der Waals surface area contributed by atoms with Gasteiger partial charge in [0.25, 0.3) is 11.5 Å². The van der Waals surface area contributed by atoms with Crippen molar-refractivity contribution in [2.24, 2.45) is 0 Å². The van der Waals surface area contributed by atoms with E-state index in [1.54, 1.807) is 18.3 Å². The van der Waals surface area contributed by atoms with Crippen LogP contribution in [-0.2, 0) is 6.42 Å². The standard InChI is InChI=1S/C13H15N3O2S/c1-8(5-10-3-4-19-7-10)15-12(17)11-6-14-9(2)16-13(11)18/h3-4,6-8H,5H2,1-2H3,(H,15,17)(H,14,16,18)/t8-/m0/s1. The minimum atomic E-state index is -0.410. The van der Waals surface area contributed by atoms with E-state index in [9.17, 15) is 9.59 Å². The largest absolute Gasteiger partial charge is 0.349 e. The molecule has 0 aliphatic rings. The van der Waals surface area contributed by atoms with Crippen molar-refractivity contribution in [1.29, 1.82) is 0 Å². The highest BCUT2D eigenvalue weighted by atomic mass is 32.1. The van der Waals surface area contributed by atoms with Gasteiger partial charge in [-0.25, -0.2) is 4.98 Å². The number of thiophene rings is 1. The minimum Gasteiger partial charge on any atom is -0.349 e. The number of nitrogens with one attached hydrogen (secondary N) is 2. The molecule has 0 aromatic carbocycles. The Morgan fingerprint density at radius 1 is 1.58 bits per heavy atom. The van der Waals surface area contributed by atoms with Gasteiger partial charge in [0.05, 0.1) is 0 Å². The maximum atomic E-state index is 11.9. The smallest absolute Gasteiger partial charge is 0.263 e. The number of amides is 1. The summed E-state index contributed by atoms with van der Waals surface area (Å²) in [6, 6.07) is 1.98. The van der Waals surface area contributed by atoms with Gasteiger partial charge in [-0.3, -0.25) is 9.59 Å². The summed E-state index contributed by atoms with van der Waals surface area (Å²) in [4.78, 5) is 30.0. The Morgan fingerprint density at radius 3 is 3.00 bits per heavy atom. The first-order valence-electron chi connectivity index (χ1n) is 5.94. The Kier molecular flexibility index (Phi) is 4.11. The number of aromatic nitrogens is 2. The second kappa shape index (κ2) is 5.79. The van der Waals surface area contributed by atoms with E-state index in [0.717, 1.165) is 6.42 Å². The molecule has 6 heteroatoms. The molecule has 2 aromatic rings. The molecule has 0 fully saturated rings. The van der Waals surface area contributed by atoms with Gasteiger partial charge in [0.2, 0.25) is 0 Å². The summed E-state index contributed by atoms with van der Waals surface area (Å²) in [5, 5.41) is 6.84. The third-order valence-corrected chi connectivity index (χ3v) is 3.40. The van der Waals surface area contributed by atoms with Crippen LogP contribution >= 0.6 is 11.3 Å². The fraction of sp³-hybridized carbons (Fsp3) is 0.308. The molecule has 19 heavy (non-hydrogen) atoms. The molecule has 0 spiro atoms. The summed E-state index contributed by atoms with van der Waals surface area (Å²) in [5.74, 6) is 0.101. The number of aromatic amines is 1. The molecular weight excluding hydrogens is 262 g/mol. The van der Waals surface area contributed by atoms with Gasteiger partial charge in [-0.15, -0.1) is 0 Å². The van der Waals surface area contributed by atoms with E-state index < -0.39 is 11.5 Å². The van der Waals surface area contributed by atoms with Crippen molar-refractivity contribution in [2.75, 3.05) is 0 Å². The highest BCUT2D eigenvalue weighted by Crippen LogP contribution is 2.08. The van der Waals surface area contributed by atoms with E-state index in [0.29, 0.717) is 5.82 Å². The summed E-state index contributed by atoms with van der Waals surface area (Å²) in [6.07, 6.45) is 2.05. The number of nitrogens with zero attached hydrogens (tertiary/aromatic N) is 1. The Morgan fingerprint density at radius 2 is 2.37 bits per heavy atom.